The summed E-state index contributed by atoms with van der Waals surface area (Å²) in [5.74, 6) is 1.48. The van der Waals surface area contributed by atoms with E-state index in [-0.39, 0.29) is 0 Å². The van der Waals surface area contributed by atoms with Gasteiger partial charge < -0.3 is 4.52 Å². The summed E-state index contributed by atoms with van der Waals surface area (Å²) in [7, 11) is 0. The zero-order valence-electron chi connectivity index (χ0n) is 13.1. The molecule has 0 aliphatic rings. The smallest absolute Gasteiger partial charge is 0.235 e. The van der Waals surface area contributed by atoms with Crippen LogP contribution >= 0.6 is 22.7 Å². The van der Waals surface area contributed by atoms with Gasteiger partial charge in [-0.25, -0.2) is 0 Å². The Kier molecular flexibility index (Phi) is 3.25. The van der Waals surface area contributed by atoms with Crippen molar-refractivity contribution in [1.82, 2.24) is 25.0 Å². The highest BCUT2D eigenvalue weighted by molar-refractivity contribution is 7.19. The van der Waals surface area contributed by atoms with E-state index in [9.17, 15) is 0 Å². The van der Waals surface area contributed by atoms with Crippen molar-refractivity contribution in [1.29, 1.82) is 0 Å². The third-order valence-electron chi connectivity index (χ3n) is 3.84. The predicted octanol–water partition coefficient (Wildman–Crippen LogP) is 4.54. The van der Waals surface area contributed by atoms with Crippen LogP contribution in [0.25, 0.3) is 37.7 Å². The first kappa shape index (κ1) is 14.5. The lowest BCUT2D eigenvalue weighted by molar-refractivity contribution is 0.435. The largest absolute Gasteiger partial charge is 0.356 e. The monoisotopic (exact) mass is 365 g/mol. The predicted molar refractivity (Wildman–Crippen MR) is 97.6 cm³/mol. The van der Waals surface area contributed by atoms with Gasteiger partial charge in [-0.3, -0.25) is 0 Å². The highest BCUT2D eigenvalue weighted by Crippen LogP contribution is 2.32. The van der Waals surface area contributed by atoms with Crippen molar-refractivity contribution in [3.63, 3.8) is 0 Å². The van der Waals surface area contributed by atoms with Crippen LogP contribution in [-0.2, 0) is 0 Å². The molecule has 25 heavy (non-hydrogen) atoms. The van der Waals surface area contributed by atoms with E-state index in [0.717, 1.165) is 32.0 Å². The van der Waals surface area contributed by atoms with Gasteiger partial charge in [-0.1, -0.05) is 46.8 Å². The Balaban J connectivity index is 1.57. The van der Waals surface area contributed by atoms with E-state index in [2.05, 4.69) is 33.4 Å². The molecule has 6 nitrogen and oxygen atoms in total. The van der Waals surface area contributed by atoms with Crippen LogP contribution in [0, 0.1) is 6.92 Å². The van der Waals surface area contributed by atoms with E-state index in [4.69, 9.17) is 4.52 Å². The minimum atomic E-state index is 0.697. The normalized spacial score (nSPS) is 11.4. The minimum Gasteiger partial charge on any atom is -0.356 e. The van der Waals surface area contributed by atoms with Crippen LogP contribution in [-0.4, -0.2) is 25.0 Å². The van der Waals surface area contributed by atoms with Crippen molar-refractivity contribution in [2.45, 2.75) is 6.92 Å². The fraction of sp³-hybridized carbons (Fsp3) is 0.0588. The van der Waals surface area contributed by atoms with E-state index in [1.165, 1.54) is 16.9 Å². The molecule has 0 aliphatic carbocycles. The van der Waals surface area contributed by atoms with Crippen LogP contribution in [0.1, 0.15) is 5.56 Å². The molecule has 4 heterocycles. The Hall–Kier alpha value is -2.84. The average molecular weight is 365 g/mol. The molecule has 122 valence electrons. The Bertz CT molecular complexity index is 1170. The van der Waals surface area contributed by atoms with Gasteiger partial charge in [0.05, 0.1) is 4.88 Å². The maximum atomic E-state index is 5.47. The standard InChI is InChI=1S/C17H11N5OS2/c1-10-7-8-24-14(10)15-18-19-17-22(15)20-16(25-17)12-9-13(23-21-12)11-5-3-2-4-6-11/h2-9H,1H3. The van der Waals surface area contributed by atoms with Gasteiger partial charge in [0.15, 0.2) is 16.6 Å². The molecule has 1 aromatic carbocycles. The lowest BCUT2D eigenvalue weighted by Crippen LogP contribution is -1.90. The number of rotatable bonds is 3. The highest BCUT2D eigenvalue weighted by atomic mass is 32.1. The van der Waals surface area contributed by atoms with Gasteiger partial charge in [-0.15, -0.1) is 21.5 Å². The zero-order chi connectivity index (χ0) is 16.8. The number of fused-ring (bicyclic) bond motifs is 1. The maximum absolute atomic E-state index is 5.47. The minimum absolute atomic E-state index is 0.697. The average Bonchev–Trinajstić information content (AvgIpc) is 3.39. The lowest BCUT2D eigenvalue weighted by Gasteiger charge is -1.93. The molecule has 8 heteroatoms. The van der Waals surface area contributed by atoms with Crippen molar-refractivity contribution >= 4 is 27.6 Å². The summed E-state index contributed by atoms with van der Waals surface area (Å²) < 4.78 is 7.25. The summed E-state index contributed by atoms with van der Waals surface area (Å²) in [6.07, 6.45) is 0. The fourth-order valence-corrected chi connectivity index (χ4v) is 4.26. The molecule has 0 aliphatic heterocycles. The molecular formula is C17H11N5OS2. The van der Waals surface area contributed by atoms with E-state index in [1.54, 1.807) is 15.9 Å². The Morgan fingerprint density at radius 2 is 1.96 bits per heavy atom. The van der Waals surface area contributed by atoms with Crippen molar-refractivity contribution < 1.29 is 4.52 Å². The van der Waals surface area contributed by atoms with Crippen molar-refractivity contribution in [3.8, 4) is 32.7 Å². The Morgan fingerprint density at radius 1 is 1.08 bits per heavy atom. The van der Waals surface area contributed by atoms with E-state index in [1.807, 2.05) is 41.8 Å². The molecule has 4 aromatic heterocycles. The van der Waals surface area contributed by atoms with Crippen molar-refractivity contribution in [2.24, 2.45) is 0 Å². The second-order valence-corrected chi connectivity index (χ2v) is 7.37. The quantitative estimate of drug-likeness (QED) is 0.469. The molecule has 0 radical (unpaired) electrons. The number of thiophene rings is 1. The first-order valence-corrected chi connectivity index (χ1v) is 9.28. The van der Waals surface area contributed by atoms with Crippen LogP contribution in [0.5, 0.6) is 0 Å². The number of nitrogens with zero attached hydrogens (tertiary/aromatic N) is 5. The first-order chi connectivity index (χ1) is 12.3. The summed E-state index contributed by atoms with van der Waals surface area (Å²) in [5.41, 5.74) is 2.85. The number of benzene rings is 1. The molecule has 5 aromatic rings. The van der Waals surface area contributed by atoms with Gasteiger partial charge in [0.1, 0.15) is 5.69 Å². The molecule has 0 atom stereocenters. The molecule has 5 rings (SSSR count). The summed E-state index contributed by atoms with van der Waals surface area (Å²) in [5, 5.41) is 20.1. The number of aryl methyl sites for hydroxylation is 1. The van der Waals surface area contributed by atoms with E-state index >= 15 is 0 Å². The van der Waals surface area contributed by atoms with Gasteiger partial charge in [-0.2, -0.15) is 9.61 Å². The number of hydrogen-bond acceptors (Lipinski definition) is 7. The lowest BCUT2D eigenvalue weighted by atomic mass is 10.2. The summed E-state index contributed by atoms with van der Waals surface area (Å²) >= 11 is 3.08. The van der Waals surface area contributed by atoms with Gasteiger partial charge >= 0.3 is 0 Å². The number of hydrogen-bond donors (Lipinski definition) is 0. The highest BCUT2D eigenvalue weighted by Gasteiger charge is 2.18. The number of aromatic nitrogens is 5. The molecule has 0 unspecified atom stereocenters. The second kappa shape index (κ2) is 5.61. The van der Waals surface area contributed by atoms with Gasteiger partial charge in [-0.05, 0) is 23.9 Å². The molecule has 0 N–H and O–H groups in total. The third kappa shape index (κ3) is 2.38. The molecule has 0 saturated carbocycles. The van der Waals surface area contributed by atoms with Crippen LogP contribution in [0.3, 0.4) is 0 Å². The molecular weight excluding hydrogens is 354 g/mol. The van der Waals surface area contributed by atoms with E-state index < -0.39 is 0 Å². The summed E-state index contributed by atoms with van der Waals surface area (Å²) in [4.78, 5) is 1.82. The summed E-state index contributed by atoms with van der Waals surface area (Å²) in [6.45, 7) is 2.06. The molecule has 0 spiro atoms. The first-order valence-electron chi connectivity index (χ1n) is 7.59. The molecule has 0 bridgehead atoms. The van der Waals surface area contributed by atoms with Crippen molar-refractivity contribution in [2.75, 3.05) is 0 Å². The Labute approximate surface area is 150 Å². The van der Waals surface area contributed by atoms with Crippen LogP contribution in [0.2, 0.25) is 0 Å². The van der Waals surface area contributed by atoms with Crippen LogP contribution in [0.4, 0.5) is 0 Å². The Morgan fingerprint density at radius 3 is 2.76 bits per heavy atom. The van der Waals surface area contributed by atoms with Crippen molar-refractivity contribution in [3.05, 3.63) is 53.4 Å². The maximum Gasteiger partial charge on any atom is 0.235 e. The third-order valence-corrected chi connectivity index (χ3v) is 5.78. The van der Waals surface area contributed by atoms with Crippen LogP contribution < -0.4 is 0 Å². The fourth-order valence-electron chi connectivity index (χ4n) is 2.58. The molecule has 0 amide bonds. The summed E-state index contributed by atoms with van der Waals surface area (Å²) in [6, 6.07) is 13.8. The van der Waals surface area contributed by atoms with Crippen LogP contribution in [0.15, 0.2) is 52.4 Å². The van der Waals surface area contributed by atoms with Gasteiger partial charge in [0.25, 0.3) is 0 Å². The molecule has 0 saturated heterocycles. The van der Waals surface area contributed by atoms with E-state index in [0.29, 0.717) is 5.69 Å². The zero-order valence-corrected chi connectivity index (χ0v) is 14.7. The SMILES string of the molecule is Cc1ccsc1-c1nnc2sc(-c3cc(-c4ccccc4)on3)nn12. The van der Waals surface area contributed by atoms with Gasteiger partial charge in [0, 0.05) is 11.6 Å². The van der Waals surface area contributed by atoms with Gasteiger partial charge in [0.2, 0.25) is 4.96 Å². The topological polar surface area (TPSA) is 69.1 Å². The molecule has 0 fully saturated rings. The second-order valence-electron chi connectivity index (χ2n) is 5.50.